The van der Waals surface area contributed by atoms with Gasteiger partial charge in [-0.2, -0.15) is 0 Å². The van der Waals surface area contributed by atoms with Gasteiger partial charge in [-0.3, -0.25) is 4.98 Å². The first-order valence-corrected chi connectivity index (χ1v) is 8.20. The van der Waals surface area contributed by atoms with Crippen LogP contribution in [0.3, 0.4) is 0 Å². The maximum Gasteiger partial charge on any atom is 0.125 e. The molecule has 0 aliphatic carbocycles. The molecule has 1 atom stereocenters. The predicted molar refractivity (Wildman–Crippen MR) is 91.5 cm³/mol. The van der Waals surface area contributed by atoms with Crippen LogP contribution in [0.2, 0.25) is 0 Å². The summed E-state index contributed by atoms with van der Waals surface area (Å²) in [4.78, 5) is 4.32. The van der Waals surface area contributed by atoms with Crippen molar-refractivity contribution < 1.29 is 4.39 Å². The highest BCUT2D eigenvalue weighted by Gasteiger charge is 2.21. The Kier molecular flexibility index (Phi) is 5.72. The minimum Gasteiger partial charge on any atom is -0.302 e. The van der Waals surface area contributed by atoms with Gasteiger partial charge in [0.05, 0.1) is 11.2 Å². The number of aromatic nitrogens is 1. The molecule has 1 aromatic carbocycles. The summed E-state index contributed by atoms with van der Waals surface area (Å²) in [5.74, 6) is -0.242. The van der Waals surface area contributed by atoms with Crippen LogP contribution < -0.4 is 5.01 Å². The van der Waals surface area contributed by atoms with Crippen molar-refractivity contribution in [3.8, 4) is 0 Å². The van der Waals surface area contributed by atoms with Gasteiger partial charge < -0.3 is 5.01 Å². The van der Waals surface area contributed by atoms with Crippen LogP contribution in [0, 0.1) is 5.82 Å². The molecular weight excluding hydrogens is 277 g/mol. The lowest BCUT2D eigenvalue weighted by Crippen LogP contribution is -2.48. The molecule has 120 valence electrons. The van der Waals surface area contributed by atoms with Gasteiger partial charge in [0.25, 0.3) is 0 Å². The molecule has 0 N–H and O–H groups in total. The van der Waals surface area contributed by atoms with E-state index in [1.54, 1.807) is 6.20 Å². The number of benzene rings is 1. The van der Waals surface area contributed by atoms with Crippen molar-refractivity contribution in [1.29, 1.82) is 0 Å². The Bertz CT molecular complexity index is 610. The molecule has 0 bridgehead atoms. The van der Waals surface area contributed by atoms with Crippen molar-refractivity contribution in [1.82, 2.24) is 9.99 Å². The molecule has 0 saturated carbocycles. The van der Waals surface area contributed by atoms with E-state index in [4.69, 9.17) is 0 Å². The highest BCUT2D eigenvalue weighted by Crippen LogP contribution is 2.29. The molecule has 4 heteroatoms. The van der Waals surface area contributed by atoms with E-state index >= 15 is 0 Å². The second-order valence-corrected chi connectivity index (χ2v) is 5.61. The average Bonchev–Trinajstić information content (AvgIpc) is 2.52. The summed E-state index contributed by atoms with van der Waals surface area (Å²) >= 11 is 0. The fourth-order valence-corrected chi connectivity index (χ4v) is 3.04. The lowest BCUT2D eigenvalue weighted by Gasteiger charge is -2.40. The Labute approximate surface area is 132 Å². The summed E-state index contributed by atoms with van der Waals surface area (Å²) < 4.78 is 13.5. The zero-order valence-electron chi connectivity index (χ0n) is 14.0. The number of nitrogens with zero attached hydrogens (tertiary/aromatic N) is 3. The number of hydrogen-bond donors (Lipinski definition) is 0. The van der Waals surface area contributed by atoms with Crippen LogP contribution in [0.15, 0.2) is 30.5 Å². The second kappa shape index (κ2) is 7.54. The molecule has 1 unspecified atom stereocenters. The van der Waals surface area contributed by atoms with Gasteiger partial charge in [0.15, 0.2) is 0 Å². The summed E-state index contributed by atoms with van der Waals surface area (Å²) in [5, 5.41) is 5.68. The smallest absolute Gasteiger partial charge is 0.125 e. The van der Waals surface area contributed by atoms with E-state index in [2.05, 4.69) is 42.7 Å². The standard InChI is InChI=1S/C18H26FN3/c1-5-8-14(4)22(21(6-2)7-3)18-11-12-20-17-13-15(19)9-10-16(17)18/h9-14H,5-8H2,1-4H3. The zero-order valence-corrected chi connectivity index (χ0v) is 14.0. The molecule has 1 heterocycles. The summed E-state index contributed by atoms with van der Waals surface area (Å²) in [7, 11) is 0. The molecule has 0 radical (unpaired) electrons. The van der Waals surface area contributed by atoms with Crippen LogP contribution >= 0.6 is 0 Å². The van der Waals surface area contributed by atoms with Crippen molar-refractivity contribution in [3.63, 3.8) is 0 Å². The highest BCUT2D eigenvalue weighted by atomic mass is 19.1. The third-order valence-electron chi connectivity index (χ3n) is 4.09. The Morgan fingerprint density at radius 2 is 1.86 bits per heavy atom. The Balaban J connectivity index is 2.55. The fraction of sp³-hybridized carbons (Fsp3) is 0.500. The SMILES string of the molecule is CCCC(C)N(c1ccnc2cc(F)ccc12)N(CC)CC. The van der Waals surface area contributed by atoms with Crippen LogP contribution in [-0.2, 0) is 0 Å². The Morgan fingerprint density at radius 3 is 2.50 bits per heavy atom. The van der Waals surface area contributed by atoms with Gasteiger partial charge in [0, 0.05) is 36.8 Å². The topological polar surface area (TPSA) is 19.4 Å². The lowest BCUT2D eigenvalue weighted by atomic mass is 10.1. The highest BCUT2D eigenvalue weighted by molar-refractivity contribution is 5.91. The molecule has 3 nitrogen and oxygen atoms in total. The van der Waals surface area contributed by atoms with Crippen molar-refractivity contribution in [2.24, 2.45) is 0 Å². The number of halogens is 1. The van der Waals surface area contributed by atoms with Gasteiger partial charge in [0.2, 0.25) is 0 Å². The third kappa shape index (κ3) is 3.38. The first kappa shape index (κ1) is 16.7. The van der Waals surface area contributed by atoms with Gasteiger partial charge in [0.1, 0.15) is 5.82 Å². The molecule has 22 heavy (non-hydrogen) atoms. The molecule has 0 aliphatic heterocycles. The number of pyridine rings is 1. The summed E-state index contributed by atoms with van der Waals surface area (Å²) in [6.07, 6.45) is 4.02. The third-order valence-corrected chi connectivity index (χ3v) is 4.09. The number of anilines is 1. The minimum absolute atomic E-state index is 0.242. The van der Waals surface area contributed by atoms with Crippen molar-refractivity contribution in [2.75, 3.05) is 18.1 Å². The van der Waals surface area contributed by atoms with Crippen molar-refractivity contribution >= 4 is 16.6 Å². The zero-order chi connectivity index (χ0) is 16.1. The number of rotatable bonds is 7. The monoisotopic (exact) mass is 303 g/mol. The van der Waals surface area contributed by atoms with E-state index in [1.807, 2.05) is 12.1 Å². The fourth-order valence-electron chi connectivity index (χ4n) is 3.04. The van der Waals surface area contributed by atoms with E-state index in [9.17, 15) is 4.39 Å². The average molecular weight is 303 g/mol. The van der Waals surface area contributed by atoms with Gasteiger partial charge in [-0.05, 0) is 31.5 Å². The number of hydrogen-bond acceptors (Lipinski definition) is 3. The predicted octanol–water partition coefficient (Wildman–Crippen LogP) is 4.63. The second-order valence-electron chi connectivity index (χ2n) is 5.61. The molecule has 0 aliphatic rings. The van der Waals surface area contributed by atoms with Crippen LogP contribution in [0.1, 0.15) is 40.5 Å². The number of hydrazine groups is 1. The first-order chi connectivity index (χ1) is 10.6. The Morgan fingerprint density at radius 1 is 1.14 bits per heavy atom. The van der Waals surface area contributed by atoms with Crippen LogP contribution in [0.5, 0.6) is 0 Å². The van der Waals surface area contributed by atoms with E-state index in [0.29, 0.717) is 11.6 Å². The largest absolute Gasteiger partial charge is 0.302 e. The molecule has 2 rings (SSSR count). The van der Waals surface area contributed by atoms with E-state index < -0.39 is 0 Å². The van der Waals surface area contributed by atoms with E-state index in [-0.39, 0.29) is 5.82 Å². The van der Waals surface area contributed by atoms with Crippen LogP contribution in [0.4, 0.5) is 10.1 Å². The molecule has 0 spiro atoms. The quantitative estimate of drug-likeness (QED) is 0.695. The van der Waals surface area contributed by atoms with Crippen LogP contribution in [0.25, 0.3) is 10.9 Å². The van der Waals surface area contributed by atoms with Gasteiger partial charge >= 0.3 is 0 Å². The molecular formula is C18H26FN3. The van der Waals surface area contributed by atoms with Gasteiger partial charge in [-0.15, -0.1) is 0 Å². The molecule has 2 aromatic rings. The maximum atomic E-state index is 13.5. The van der Waals surface area contributed by atoms with Gasteiger partial charge in [-0.25, -0.2) is 9.40 Å². The minimum atomic E-state index is -0.242. The summed E-state index contributed by atoms with van der Waals surface area (Å²) in [6.45, 7) is 10.7. The molecule has 1 aromatic heterocycles. The lowest BCUT2D eigenvalue weighted by molar-refractivity contribution is 0.245. The molecule has 0 amide bonds. The summed E-state index contributed by atoms with van der Waals surface area (Å²) in [5.41, 5.74) is 1.81. The first-order valence-electron chi connectivity index (χ1n) is 8.20. The van der Waals surface area contributed by atoms with E-state index in [0.717, 1.165) is 37.0 Å². The van der Waals surface area contributed by atoms with Crippen molar-refractivity contribution in [2.45, 2.75) is 46.6 Å². The van der Waals surface area contributed by atoms with Crippen molar-refractivity contribution in [3.05, 3.63) is 36.3 Å². The maximum absolute atomic E-state index is 13.5. The van der Waals surface area contributed by atoms with Gasteiger partial charge in [-0.1, -0.05) is 27.2 Å². The normalized spacial score (nSPS) is 12.8. The van der Waals surface area contributed by atoms with E-state index in [1.165, 1.54) is 12.1 Å². The van der Waals surface area contributed by atoms with Crippen LogP contribution in [-0.4, -0.2) is 29.1 Å². The molecule has 0 fully saturated rings. The Hall–Kier alpha value is -1.68. The molecule has 0 saturated heterocycles. The summed E-state index contributed by atoms with van der Waals surface area (Å²) in [6, 6.07) is 7.27. The number of fused-ring (bicyclic) bond motifs is 1.